The number of aromatic nitrogens is 3. The molecule has 0 aliphatic rings. The third-order valence-corrected chi connectivity index (χ3v) is 3.12. The summed E-state index contributed by atoms with van der Waals surface area (Å²) in [5.41, 5.74) is 2.42. The summed E-state index contributed by atoms with van der Waals surface area (Å²) in [5.74, 6) is 0. The van der Waals surface area contributed by atoms with Gasteiger partial charge in [-0.1, -0.05) is 11.3 Å². The van der Waals surface area contributed by atoms with Crippen LogP contribution in [-0.4, -0.2) is 19.9 Å². The standard InChI is InChI=1S/C14H19N5O2/c1-10-5-6-12(19(20)21)7-13(10)15-8-11-9-18(17-16-11)14(2,3)4/h5-7,9,15H,8H2,1-4H3. The molecule has 0 atom stereocenters. The van der Waals surface area contributed by atoms with Gasteiger partial charge in [0.1, 0.15) is 5.69 Å². The van der Waals surface area contributed by atoms with Crippen molar-refractivity contribution in [3.8, 4) is 0 Å². The molecular formula is C14H19N5O2. The number of hydrogen-bond acceptors (Lipinski definition) is 5. The summed E-state index contributed by atoms with van der Waals surface area (Å²) in [4.78, 5) is 10.4. The Hall–Kier alpha value is -2.44. The summed E-state index contributed by atoms with van der Waals surface area (Å²) >= 11 is 0. The highest BCUT2D eigenvalue weighted by Crippen LogP contribution is 2.22. The van der Waals surface area contributed by atoms with Crippen molar-refractivity contribution in [2.75, 3.05) is 5.32 Å². The zero-order chi connectivity index (χ0) is 15.6. The molecule has 0 amide bonds. The second-order valence-electron chi connectivity index (χ2n) is 5.94. The van der Waals surface area contributed by atoms with Crippen LogP contribution in [0.4, 0.5) is 11.4 Å². The Morgan fingerprint density at radius 1 is 1.38 bits per heavy atom. The third kappa shape index (κ3) is 3.56. The SMILES string of the molecule is Cc1ccc([N+](=O)[O-])cc1NCc1cn(C(C)(C)C)nn1. The maximum absolute atomic E-state index is 10.8. The van der Waals surface area contributed by atoms with E-state index in [9.17, 15) is 10.1 Å². The fourth-order valence-electron chi connectivity index (χ4n) is 1.81. The maximum atomic E-state index is 10.8. The van der Waals surface area contributed by atoms with Gasteiger partial charge in [0, 0.05) is 17.8 Å². The molecule has 1 aromatic carbocycles. The Labute approximate surface area is 123 Å². The fraction of sp³-hybridized carbons (Fsp3) is 0.429. The predicted molar refractivity (Wildman–Crippen MR) is 80.2 cm³/mol. The van der Waals surface area contributed by atoms with Crippen LogP contribution in [0, 0.1) is 17.0 Å². The lowest BCUT2D eigenvalue weighted by Gasteiger charge is -2.17. The smallest absolute Gasteiger partial charge is 0.271 e. The number of aryl methyl sites for hydroxylation is 1. The van der Waals surface area contributed by atoms with E-state index in [-0.39, 0.29) is 11.2 Å². The average molecular weight is 289 g/mol. The van der Waals surface area contributed by atoms with Gasteiger partial charge in [0.05, 0.1) is 23.2 Å². The van der Waals surface area contributed by atoms with Crippen molar-refractivity contribution in [3.05, 3.63) is 45.8 Å². The first kappa shape index (κ1) is 15.0. The van der Waals surface area contributed by atoms with Gasteiger partial charge in [-0.25, -0.2) is 4.68 Å². The molecule has 0 aliphatic heterocycles. The molecule has 7 heteroatoms. The van der Waals surface area contributed by atoms with Gasteiger partial charge in [-0.05, 0) is 33.3 Å². The van der Waals surface area contributed by atoms with Gasteiger partial charge in [0.15, 0.2) is 0 Å². The van der Waals surface area contributed by atoms with Crippen LogP contribution in [0.1, 0.15) is 32.0 Å². The van der Waals surface area contributed by atoms with Crippen LogP contribution in [-0.2, 0) is 12.1 Å². The second-order valence-corrected chi connectivity index (χ2v) is 5.94. The lowest BCUT2D eigenvalue weighted by molar-refractivity contribution is -0.384. The minimum absolute atomic E-state index is 0.0708. The van der Waals surface area contributed by atoms with Crippen molar-refractivity contribution in [1.29, 1.82) is 0 Å². The quantitative estimate of drug-likeness (QED) is 0.691. The minimum Gasteiger partial charge on any atom is -0.379 e. The molecule has 1 heterocycles. The number of nitro benzene ring substituents is 1. The molecule has 2 rings (SSSR count). The fourth-order valence-corrected chi connectivity index (χ4v) is 1.81. The summed E-state index contributed by atoms with van der Waals surface area (Å²) in [5, 5.41) is 22.2. The van der Waals surface area contributed by atoms with Gasteiger partial charge in [-0.15, -0.1) is 5.10 Å². The summed E-state index contributed by atoms with van der Waals surface area (Å²) in [6, 6.07) is 4.76. The highest BCUT2D eigenvalue weighted by Gasteiger charge is 2.15. The van der Waals surface area contributed by atoms with Crippen LogP contribution in [0.2, 0.25) is 0 Å². The zero-order valence-electron chi connectivity index (χ0n) is 12.6. The number of benzene rings is 1. The van der Waals surface area contributed by atoms with E-state index in [1.165, 1.54) is 12.1 Å². The van der Waals surface area contributed by atoms with Gasteiger partial charge in [-0.2, -0.15) is 0 Å². The van der Waals surface area contributed by atoms with Crippen molar-refractivity contribution < 1.29 is 4.92 Å². The van der Waals surface area contributed by atoms with E-state index in [0.29, 0.717) is 6.54 Å². The summed E-state index contributed by atoms with van der Waals surface area (Å²) in [7, 11) is 0. The van der Waals surface area contributed by atoms with Gasteiger partial charge in [0.25, 0.3) is 5.69 Å². The molecule has 0 fully saturated rings. The largest absolute Gasteiger partial charge is 0.379 e. The van der Waals surface area contributed by atoms with Crippen LogP contribution in [0.3, 0.4) is 0 Å². The van der Waals surface area contributed by atoms with E-state index in [4.69, 9.17) is 0 Å². The summed E-state index contributed by atoms with van der Waals surface area (Å²) in [6.07, 6.45) is 1.87. The molecule has 0 saturated carbocycles. The van der Waals surface area contributed by atoms with Gasteiger partial charge >= 0.3 is 0 Å². The van der Waals surface area contributed by atoms with Crippen LogP contribution < -0.4 is 5.32 Å². The van der Waals surface area contributed by atoms with Crippen molar-refractivity contribution >= 4 is 11.4 Å². The van der Waals surface area contributed by atoms with E-state index in [2.05, 4.69) is 15.6 Å². The van der Waals surface area contributed by atoms with E-state index >= 15 is 0 Å². The van der Waals surface area contributed by atoms with E-state index < -0.39 is 4.92 Å². The Balaban J connectivity index is 2.11. The third-order valence-electron chi connectivity index (χ3n) is 3.12. The van der Waals surface area contributed by atoms with Gasteiger partial charge in [-0.3, -0.25) is 10.1 Å². The highest BCUT2D eigenvalue weighted by molar-refractivity contribution is 5.56. The molecule has 0 aliphatic carbocycles. The molecular weight excluding hydrogens is 270 g/mol. The summed E-state index contributed by atoms with van der Waals surface area (Å²) in [6.45, 7) is 8.51. The molecule has 21 heavy (non-hydrogen) atoms. The van der Waals surface area contributed by atoms with Crippen LogP contribution in [0.5, 0.6) is 0 Å². The number of nitrogens with one attached hydrogen (secondary N) is 1. The number of nitro groups is 1. The maximum Gasteiger partial charge on any atom is 0.271 e. The molecule has 7 nitrogen and oxygen atoms in total. The highest BCUT2D eigenvalue weighted by atomic mass is 16.6. The average Bonchev–Trinajstić information content (AvgIpc) is 2.86. The number of non-ortho nitro benzene ring substituents is 1. The Morgan fingerprint density at radius 2 is 2.10 bits per heavy atom. The van der Waals surface area contributed by atoms with E-state index in [1.807, 2.05) is 33.9 Å². The molecule has 0 saturated heterocycles. The monoisotopic (exact) mass is 289 g/mol. The van der Waals surface area contributed by atoms with E-state index in [1.54, 1.807) is 10.7 Å². The minimum atomic E-state index is -0.402. The lowest BCUT2D eigenvalue weighted by atomic mass is 10.1. The van der Waals surface area contributed by atoms with Crippen molar-refractivity contribution in [3.63, 3.8) is 0 Å². The van der Waals surface area contributed by atoms with Crippen LogP contribution in [0.15, 0.2) is 24.4 Å². The van der Waals surface area contributed by atoms with Crippen molar-refractivity contribution in [2.45, 2.75) is 39.8 Å². The first-order valence-corrected chi connectivity index (χ1v) is 6.68. The Morgan fingerprint density at radius 3 is 2.67 bits per heavy atom. The molecule has 2 aromatic rings. The lowest BCUT2D eigenvalue weighted by Crippen LogP contribution is -2.22. The topological polar surface area (TPSA) is 85.9 Å². The Bertz CT molecular complexity index is 658. The van der Waals surface area contributed by atoms with Crippen LogP contribution in [0.25, 0.3) is 0 Å². The number of rotatable bonds is 4. The molecule has 1 N–H and O–H groups in total. The number of anilines is 1. The number of hydrogen-bond donors (Lipinski definition) is 1. The first-order chi connectivity index (χ1) is 9.77. The van der Waals surface area contributed by atoms with Crippen LogP contribution >= 0.6 is 0 Å². The second kappa shape index (κ2) is 5.51. The van der Waals surface area contributed by atoms with Crippen molar-refractivity contribution in [2.24, 2.45) is 0 Å². The molecule has 0 unspecified atom stereocenters. The molecule has 0 spiro atoms. The molecule has 1 aromatic heterocycles. The van der Waals surface area contributed by atoms with E-state index in [0.717, 1.165) is 16.9 Å². The first-order valence-electron chi connectivity index (χ1n) is 6.68. The molecule has 0 bridgehead atoms. The summed E-state index contributed by atoms with van der Waals surface area (Å²) < 4.78 is 1.80. The predicted octanol–water partition coefficient (Wildman–Crippen LogP) is 2.86. The zero-order valence-corrected chi connectivity index (χ0v) is 12.6. The van der Waals surface area contributed by atoms with Gasteiger partial charge in [0.2, 0.25) is 0 Å². The molecule has 112 valence electrons. The van der Waals surface area contributed by atoms with Crippen molar-refractivity contribution in [1.82, 2.24) is 15.0 Å². The Kier molecular flexibility index (Phi) is 3.93. The normalized spacial score (nSPS) is 11.4. The van der Waals surface area contributed by atoms with Gasteiger partial charge < -0.3 is 5.32 Å². The number of nitrogens with zero attached hydrogens (tertiary/aromatic N) is 4. The molecule has 0 radical (unpaired) electrons.